The van der Waals surface area contributed by atoms with Crippen LogP contribution >= 0.6 is 0 Å². The van der Waals surface area contributed by atoms with Crippen LogP contribution in [0.1, 0.15) is 16.7 Å². The maximum atomic E-state index is 12.2. The first-order chi connectivity index (χ1) is 16.0. The monoisotopic (exact) mass is 437 g/mol. The minimum Gasteiger partial charge on any atom is -0.318 e. The van der Waals surface area contributed by atoms with Gasteiger partial charge in [-0.05, 0) is 44.2 Å². The lowest BCUT2D eigenvalue weighted by atomic mass is 10.1. The van der Waals surface area contributed by atoms with Gasteiger partial charge in [0.1, 0.15) is 5.69 Å². The Hall–Kier alpha value is -4.52. The maximum absolute atomic E-state index is 12.2. The predicted molar refractivity (Wildman–Crippen MR) is 129 cm³/mol. The Kier molecular flexibility index (Phi) is 6.40. The molecule has 0 atom stereocenters. The van der Waals surface area contributed by atoms with E-state index < -0.39 is 11.8 Å². The number of nitrogens with zero attached hydrogens (tertiary/aromatic N) is 3. The molecule has 2 N–H and O–H groups in total. The minimum absolute atomic E-state index is 0.538. The van der Waals surface area contributed by atoms with Gasteiger partial charge in [0, 0.05) is 23.0 Å². The van der Waals surface area contributed by atoms with Crippen LogP contribution in [0.4, 0.5) is 5.69 Å². The van der Waals surface area contributed by atoms with Gasteiger partial charge in [0.2, 0.25) is 0 Å². The van der Waals surface area contributed by atoms with Crippen molar-refractivity contribution in [3.63, 3.8) is 0 Å². The van der Waals surface area contributed by atoms with E-state index in [-0.39, 0.29) is 0 Å². The van der Waals surface area contributed by atoms with Crippen LogP contribution in [0, 0.1) is 13.8 Å². The number of nitrogens with one attached hydrogen (secondary N) is 2. The second kappa shape index (κ2) is 9.74. The number of para-hydroxylation sites is 1. The molecule has 7 heteroatoms. The van der Waals surface area contributed by atoms with Crippen molar-refractivity contribution in [3.8, 4) is 16.9 Å². The summed E-state index contributed by atoms with van der Waals surface area (Å²) in [6, 6.07) is 24.8. The number of rotatable bonds is 5. The van der Waals surface area contributed by atoms with Crippen LogP contribution in [-0.4, -0.2) is 27.8 Å². The molecule has 0 radical (unpaired) electrons. The summed E-state index contributed by atoms with van der Waals surface area (Å²) in [5, 5.41) is 11.3. The number of benzene rings is 3. The van der Waals surface area contributed by atoms with Gasteiger partial charge in [0.25, 0.3) is 0 Å². The smallest absolute Gasteiger partial charge is 0.318 e. The molecule has 0 aliphatic rings. The first-order valence-electron chi connectivity index (χ1n) is 10.4. The van der Waals surface area contributed by atoms with Crippen LogP contribution in [0.5, 0.6) is 0 Å². The van der Waals surface area contributed by atoms with E-state index in [1.165, 1.54) is 6.21 Å². The van der Waals surface area contributed by atoms with E-state index in [4.69, 9.17) is 5.10 Å². The van der Waals surface area contributed by atoms with E-state index in [2.05, 4.69) is 15.8 Å². The van der Waals surface area contributed by atoms with Crippen LogP contribution < -0.4 is 10.7 Å². The van der Waals surface area contributed by atoms with Gasteiger partial charge in [-0.3, -0.25) is 9.59 Å². The largest absolute Gasteiger partial charge is 0.329 e. The van der Waals surface area contributed by atoms with Gasteiger partial charge in [-0.2, -0.15) is 10.2 Å². The maximum Gasteiger partial charge on any atom is 0.329 e. The molecule has 0 bridgehead atoms. The normalized spacial score (nSPS) is 10.8. The summed E-state index contributed by atoms with van der Waals surface area (Å²) in [5.74, 6) is -1.66. The molecule has 3 aromatic carbocycles. The average Bonchev–Trinajstić information content (AvgIpc) is 3.25. The number of hydrogen-bond acceptors (Lipinski definition) is 4. The molecule has 2 amide bonds. The molecule has 0 aliphatic heterocycles. The van der Waals surface area contributed by atoms with Crippen molar-refractivity contribution < 1.29 is 9.59 Å². The van der Waals surface area contributed by atoms with Gasteiger partial charge in [0.05, 0.1) is 11.9 Å². The van der Waals surface area contributed by atoms with Crippen molar-refractivity contribution in [2.75, 3.05) is 5.32 Å². The number of amides is 2. The van der Waals surface area contributed by atoms with E-state index in [0.29, 0.717) is 16.9 Å². The summed E-state index contributed by atoms with van der Waals surface area (Å²) in [4.78, 5) is 24.3. The zero-order chi connectivity index (χ0) is 23.2. The van der Waals surface area contributed by atoms with Crippen molar-refractivity contribution in [2.45, 2.75) is 13.8 Å². The van der Waals surface area contributed by atoms with Gasteiger partial charge in [-0.15, -0.1) is 0 Å². The number of anilines is 1. The van der Waals surface area contributed by atoms with E-state index in [1.54, 1.807) is 16.8 Å². The number of carbonyl (C=O) groups is 2. The Balaban J connectivity index is 1.53. The van der Waals surface area contributed by atoms with Crippen LogP contribution in [0.3, 0.4) is 0 Å². The highest BCUT2D eigenvalue weighted by molar-refractivity contribution is 6.39. The molecular weight excluding hydrogens is 414 g/mol. The van der Waals surface area contributed by atoms with Gasteiger partial charge < -0.3 is 5.32 Å². The fourth-order valence-corrected chi connectivity index (χ4v) is 3.25. The summed E-state index contributed by atoms with van der Waals surface area (Å²) >= 11 is 0. The van der Waals surface area contributed by atoms with Crippen LogP contribution in [-0.2, 0) is 9.59 Å². The minimum atomic E-state index is -0.862. The van der Waals surface area contributed by atoms with Crippen LogP contribution in [0.15, 0.2) is 90.2 Å². The van der Waals surface area contributed by atoms with Crippen molar-refractivity contribution in [3.05, 3.63) is 102 Å². The predicted octanol–water partition coefficient (Wildman–Crippen LogP) is 4.24. The van der Waals surface area contributed by atoms with Crippen LogP contribution in [0.25, 0.3) is 16.9 Å². The lowest BCUT2D eigenvalue weighted by Gasteiger charge is -2.04. The fourth-order valence-electron chi connectivity index (χ4n) is 3.25. The third-order valence-corrected chi connectivity index (χ3v) is 4.94. The number of carbonyl (C=O) groups excluding carboxylic acids is 2. The number of aryl methyl sites for hydroxylation is 2. The van der Waals surface area contributed by atoms with E-state index in [1.807, 2.05) is 86.8 Å². The van der Waals surface area contributed by atoms with E-state index >= 15 is 0 Å². The molecule has 0 saturated heterocycles. The van der Waals surface area contributed by atoms with Crippen molar-refractivity contribution >= 4 is 23.7 Å². The molecule has 0 unspecified atom stereocenters. The second-order valence-corrected chi connectivity index (χ2v) is 7.60. The first-order valence-corrected chi connectivity index (χ1v) is 10.4. The standard InChI is InChI=1S/C26H23N5O2/c1-18-11-13-22(14-12-18)28-25(32)26(33)29-27-16-21-17-31(23-9-4-3-5-10-23)30-24(21)20-8-6-7-19(2)15-20/h3-17H,1-2H3,(H,28,32)(H,29,33)/b27-16+. The average molecular weight is 438 g/mol. The van der Waals surface area contributed by atoms with Gasteiger partial charge in [-0.1, -0.05) is 59.7 Å². The SMILES string of the molecule is Cc1ccc(NC(=O)C(=O)N/N=C/c2cn(-c3ccccc3)nc2-c2cccc(C)c2)cc1. The molecule has 4 aromatic rings. The third kappa shape index (κ3) is 5.40. The zero-order valence-corrected chi connectivity index (χ0v) is 18.3. The molecule has 0 spiro atoms. The molecule has 33 heavy (non-hydrogen) atoms. The highest BCUT2D eigenvalue weighted by atomic mass is 16.2. The summed E-state index contributed by atoms with van der Waals surface area (Å²) in [5.41, 5.74) is 8.21. The number of hydrogen-bond donors (Lipinski definition) is 2. The van der Waals surface area contributed by atoms with E-state index in [9.17, 15) is 9.59 Å². The third-order valence-electron chi connectivity index (χ3n) is 4.94. The summed E-state index contributed by atoms with van der Waals surface area (Å²) in [6.45, 7) is 3.95. The highest BCUT2D eigenvalue weighted by Gasteiger charge is 2.14. The molecular formula is C26H23N5O2. The molecule has 0 saturated carbocycles. The summed E-state index contributed by atoms with van der Waals surface area (Å²) < 4.78 is 1.75. The van der Waals surface area contributed by atoms with Gasteiger partial charge >= 0.3 is 11.8 Å². The van der Waals surface area contributed by atoms with Crippen molar-refractivity contribution in [2.24, 2.45) is 5.10 Å². The van der Waals surface area contributed by atoms with Gasteiger partial charge in [0.15, 0.2) is 0 Å². The van der Waals surface area contributed by atoms with Crippen LogP contribution in [0.2, 0.25) is 0 Å². The Bertz CT molecular complexity index is 1310. The molecule has 4 rings (SSSR count). The Labute approximate surface area is 191 Å². The quantitative estimate of drug-likeness (QED) is 0.278. The molecule has 0 aliphatic carbocycles. The lowest BCUT2D eigenvalue weighted by molar-refractivity contribution is -0.136. The molecule has 164 valence electrons. The second-order valence-electron chi connectivity index (χ2n) is 7.60. The summed E-state index contributed by atoms with van der Waals surface area (Å²) in [6.07, 6.45) is 3.32. The molecule has 0 fully saturated rings. The topological polar surface area (TPSA) is 88.4 Å². The highest BCUT2D eigenvalue weighted by Crippen LogP contribution is 2.23. The number of hydrazone groups is 1. The van der Waals surface area contributed by atoms with E-state index in [0.717, 1.165) is 22.4 Å². The van der Waals surface area contributed by atoms with Crippen molar-refractivity contribution in [1.29, 1.82) is 0 Å². The fraction of sp³-hybridized carbons (Fsp3) is 0.0769. The molecule has 1 heterocycles. The lowest BCUT2D eigenvalue weighted by Crippen LogP contribution is -2.32. The molecule has 7 nitrogen and oxygen atoms in total. The Morgan fingerprint density at radius 3 is 2.36 bits per heavy atom. The first kappa shape index (κ1) is 21.7. The zero-order valence-electron chi connectivity index (χ0n) is 18.3. The summed E-state index contributed by atoms with van der Waals surface area (Å²) in [7, 11) is 0. The van der Waals surface area contributed by atoms with Crippen molar-refractivity contribution in [1.82, 2.24) is 15.2 Å². The Morgan fingerprint density at radius 1 is 0.879 bits per heavy atom. The van der Waals surface area contributed by atoms with Gasteiger partial charge in [-0.25, -0.2) is 10.1 Å². The number of aromatic nitrogens is 2. The Morgan fingerprint density at radius 2 is 1.64 bits per heavy atom. The molecule has 1 aromatic heterocycles.